The molecule has 0 spiro atoms. The number of hydrogen-bond acceptors (Lipinski definition) is 5. The van der Waals surface area contributed by atoms with Gasteiger partial charge in [-0.15, -0.1) is 0 Å². The summed E-state index contributed by atoms with van der Waals surface area (Å²) in [4.78, 5) is 8.95. The van der Waals surface area contributed by atoms with Crippen molar-refractivity contribution >= 4 is 17.5 Å². The quantitative estimate of drug-likeness (QED) is 0.599. The first-order chi connectivity index (χ1) is 12.6. The first kappa shape index (κ1) is 17.7. The molecule has 0 amide bonds. The van der Waals surface area contributed by atoms with Crippen LogP contribution in [0.15, 0.2) is 60.7 Å². The maximum Gasteiger partial charge on any atom is 0.224 e. The van der Waals surface area contributed by atoms with Crippen molar-refractivity contribution in [3.8, 4) is 11.5 Å². The van der Waals surface area contributed by atoms with E-state index in [9.17, 15) is 0 Å². The van der Waals surface area contributed by atoms with Crippen LogP contribution in [0.4, 0.5) is 17.5 Å². The van der Waals surface area contributed by atoms with Crippen LogP contribution < -0.4 is 15.4 Å². The normalized spacial score (nSPS) is 10.6. The average Bonchev–Trinajstić information content (AvgIpc) is 2.62. The van der Waals surface area contributed by atoms with Gasteiger partial charge in [0.15, 0.2) is 0 Å². The SMILES string of the molecule is Cc1cc(Nc2ccc(Oc3ccccc3)cc2)nc(NCC(C)C)n1. The number of nitrogens with zero attached hydrogens (tertiary/aromatic N) is 2. The van der Waals surface area contributed by atoms with Crippen molar-refractivity contribution in [2.45, 2.75) is 20.8 Å². The van der Waals surface area contributed by atoms with Gasteiger partial charge in [-0.05, 0) is 49.2 Å². The van der Waals surface area contributed by atoms with E-state index in [2.05, 4.69) is 34.4 Å². The predicted octanol–water partition coefficient (Wildman–Crippen LogP) is 5.39. The van der Waals surface area contributed by atoms with E-state index in [0.29, 0.717) is 11.9 Å². The Kier molecular flexibility index (Phi) is 5.69. The molecule has 0 aliphatic heterocycles. The minimum Gasteiger partial charge on any atom is -0.457 e. The second-order valence-corrected chi connectivity index (χ2v) is 6.56. The molecule has 0 aliphatic rings. The van der Waals surface area contributed by atoms with Crippen molar-refractivity contribution in [2.24, 2.45) is 5.92 Å². The van der Waals surface area contributed by atoms with Gasteiger partial charge in [-0.3, -0.25) is 0 Å². The standard InChI is InChI=1S/C21H24N4O/c1-15(2)14-22-21-23-16(3)13-20(25-21)24-17-9-11-19(12-10-17)26-18-7-5-4-6-8-18/h4-13,15H,14H2,1-3H3,(H2,22,23,24,25). The van der Waals surface area contributed by atoms with Gasteiger partial charge in [0.25, 0.3) is 0 Å². The van der Waals surface area contributed by atoms with Crippen LogP contribution in [-0.2, 0) is 0 Å². The fourth-order valence-corrected chi connectivity index (χ4v) is 2.39. The Bertz CT molecular complexity index is 832. The van der Waals surface area contributed by atoms with Gasteiger partial charge in [-0.1, -0.05) is 32.0 Å². The third-order valence-electron chi connectivity index (χ3n) is 3.63. The fourth-order valence-electron chi connectivity index (χ4n) is 2.39. The Labute approximate surface area is 154 Å². The number of aryl methyl sites for hydroxylation is 1. The van der Waals surface area contributed by atoms with Crippen molar-refractivity contribution in [3.05, 3.63) is 66.4 Å². The van der Waals surface area contributed by atoms with Crippen LogP contribution >= 0.6 is 0 Å². The molecule has 3 rings (SSSR count). The van der Waals surface area contributed by atoms with Gasteiger partial charge in [0.05, 0.1) is 0 Å². The molecule has 134 valence electrons. The van der Waals surface area contributed by atoms with Crippen molar-refractivity contribution in [3.63, 3.8) is 0 Å². The number of benzene rings is 2. The number of nitrogens with one attached hydrogen (secondary N) is 2. The van der Waals surface area contributed by atoms with E-state index in [1.807, 2.05) is 67.6 Å². The summed E-state index contributed by atoms with van der Waals surface area (Å²) in [5, 5.41) is 6.58. The molecule has 0 atom stereocenters. The van der Waals surface area contributed by atoms with E-state index in [-0.39, 0.29) is 0 Å². The summed E-state index contributed by atoms with van der Waals surface area (Å²) >= 11 is 0. The Morgan fingerprint density at radius 2 is 1.62 bits per heavy atom. The molecule has 0 saturated heterocycles. The van der Waals surface area contributed by atoms with E-state index in [0.717, 1.165) is 35.2 Å². The van der Waals surface area contributed by atoms with Gasteiger partial charge >= 0.3 is 0 Å². The first-order valence-electron chi connectivity index (χ1n) is 8.78. The molecular weight excluding hydrogens is 324 g/mol. The lowest BCUT2D eigenvalue weighted by atomic mass is 10.2. The number of aromatic nitrogens is 2. The van der Waals surface area contributed by atoms with Gasteiger partial charge in [-0.25, -0.2) is 4.98 Å². The summed E-state index contributed by atoms with van der Waals surface area (Å²) in [7, 11) is 0. The lowest BCUT2D eigenvalue weighted by molar-refractivity contribution is 0.483. The molecule has 1 aromatic heterocycles. The molecule has 2 aromatic carbocycles. The van der Waals surface area contributed by atoms with Crippen LogP contribution in [0.5, 0.6) is 11.5 Å². The molecule has 0 unspecified atom stereocenters. The molecular formula is C21H24N4O. The van der Waals surface area contributed by atoms with Gasteiger partial charge in [0.1, 0.15) is 17.3 Å². The number of anilines is 3. The van der Waals surface area contributed by atoms with Gasteiger partial charge in [-0.2, -0.15) is 4.98 Å². The van der Waals surface area contributed by atoms with Gasteiger partial charge < -0.3 is 15.4 Å². The lowest BCUT2D eigenvalue weighted by Crippen LogP contribution is -2.11. The summed E-state index contributed by atoms with van der Waals surface area (Å²) < 4.78 is 5.81. The maximum absolute atomic E-state index is 5.81. The largest absolute Gasteiger partial charge is 0.457 e. The molecule has 5 heteroatoms. The molecule has 0 aliphatic carbocycles. The van der Waals surface area contributed by atoms with E-state index in [4.69, 9.17) is 4.74 Å². The summed E-state index contributed by atoms with van der Waals surface area (Å²) in [6.07, 6.45) is 0. The van der Waals surface area contributed by atoms with E-state index >= 15 is 0 Å². The zero-order valence-corrected chi connectivity index (χ0v) is 15.4. The highest BCUT2D eigenvalue weighted by Gasteiger charge is 2.04. The fraction of sp³-hybridized carbons (Fsp3) is 0.238. The average molecular weight is 348 g/mol. The van der Waals surface area contributed by atoms with Crippen LogP contribution in [0.25, 0.3) is 0 Å². The lowest BCUT2D eigenvalue weighted by Gasteiger charge is -2.12. The van der Waals surface area contributed by atoms with Crippen molar-refractivity contribution in [2.75, 3.05) is 17.2 Å². The Morgan fingerprint density at radius 1 is 0.923 bits per heavy atom. The highest BCUT2D eigenvalue weighted by Crippen LogP contribution is 2.24. The van der Waals surface area contributed by atoms with Crippen LogP contribution in [0.1, 0.15) is 19.5 Å². The minimum atomic E-state index is 0.535. The van der Waals surface area contributed by atoms with Gasteiger partial charge in [0, 0.05) is 24.0 Å². The Hall–Kier alpha value is -3.08. The minimum absolute atomic E-state index is 0.535. The van der Waals surface area contributed by atoms with E-state index < -0.39 is 0 Å². The highest BCUT2D eigenvalue weighted by molar-refractivity contribution is 5.58. The summed E-state index contributed by atoms with van der Waals surface area (Å²) in [5.41, 5.74) is 1.86. The van der Waals surface area contributed by atoms with Crippen molar-refractivity contribution < 1.29 is 4.74 Å². The van der Waals surface area contributed by atoms with Crippen molar-refractivity contribution in [1.29, 1.82) is 0 Å². The Balaban J connectivity index is 1.67. The molecule has 0 fully saturated rings. The summed E-state index contributed by atoms with van der Waals surface area (Å²) in [6, 6.07) is 19.5. The van der Waals surface area contributed by atoms with Crippen molar-refractivity contribution in [1.82, 2.24) is 9.97 Å². The topological polar surface area (TPSA) is 59.1 Å². The molecule has 1 heterocycles. The summed E-state index contributed by atoms with van der Waals surface area (Å²) in [6.45, 7) is 7.11. The van der Waals surface area contributed by atoms with E-state index in [1.54, 1.807) is 0 Å². The first-order valence-corrected chi connectivity index (χ1v) is 8.78. The number of rotatable bonds is 7. The van der Waals surface area contributed by atoms with Crippen LogP contribution in [0.2, 0.25) is 0 Å². The highest BCUT2D eigenvalue weighted by atomic mass is 16.5. The summed E-state index contributed by atoms with van der Waals surface area (Å²) in [5.74, 6) is 3.55. The third kappa shape index (κ3) is 5.21. The zero-order valence-electron chi connectivity index (χ0n) is 15.4. The molecule has 0 saturated carbocycles. The molecule has 0 bridgehead atoms. The number of para-hydroxylation sites is 1. The van der Waals surface area contributed by atoms with Crippen LogP contribution in [0, 0.1) is 12.8 Å². The number of hydrogen-bond donors (Lipinski definition) is 2. The second kappa shape index (κ2) is 8.34. The van der Waals surface area contributed by atoms with Crippen LogP contribution in [0.3, 0.4) is 0 Å². The van der Waals surface area contributed by atoms with Crippen LogP contribution in [-0.4, -0.2) is 16.5 Å². The molecule has 2 N–H and O–H groups in total. The molecule has 5 nitrogen and oxygen atoms in total. The van der Waals surface area contributed by atoms with Gasteiger partial charge in [0.2, 0.25) is 5.95 Å². The maximum atomic E-state index is 5.81. The van der Waals surface area contributed by atoms with E-state index in [1.165, 1.54) is 0 Å². The monoisotopic (exact) mass is 348 g/mol. The predicted molar refractivity (Wildman–Crippen MR) is 106 cm³/mol. The molecule has 26 heavy (non-hydrogen) atoms. The molecule has 3 aromatic rings. The third-order valence-corrected chi connectivity index (χ3v) is 3.63. The number of ether oxygens (including phenoxy) is 1. The Morgan fingerprint density at radius 3 is 2.31 bits per heavy atom. The molecule has 0 radical (unpaired) electrons. The zero-order chi connectivity index (χ0) is 18.4. The second-order valence-electron chi connectivity index (χ2n) is 6.56. The smallest absolute Gasteiger partial charge is 0.224 e.